The number of benzene rings is 3. The van der Waals surface area contributed by atoms with Gasteiger partial charge in [0.1, 0.15) is 5.60 Å². The van der Waals surface area contributed by atoms with E-state index < -0.39 is 17.8 Å². The Bertz CT molecular complexity index is 1310. The van der Waals surface area contributed by atoms with Gasteiger partial charge in [-0.3, -0.25) is 4.79 Å². The van der Waals surface area contributed by atoms with E-state index in [0.29, 0.717) is 24.5 Å². The van der Waals surface area contributed by atoms with Crippen molar-refractivity contribution in [3.8, 4) is 22.6 Å². The van der Waals surface area contributed by atoms with Crippen molar-refractivity contribution in [1.82, 2.24) is 4.90 Å². The Hall–Kier alpha value is -3.84. The highest BCUT2D eigenvalue weighted by Crippen LogP contribution is 2.35. The van der Waals surface area contributed by atoms with Gasteiger partial charge < -0.3 is 24.2 Å². The lowest BCUT2D eigenvalue weighted by atomic mass is 9.97. The van der Waals surface area contributed by atoms with Crippen LogP contribution in [0.15, 0.2) is 72.8 Å². The van der Waals surface area contributed by atoms with Crippen molar-refractivity contribution >= 4 is 12.1 Å². The highest BCUT2D eigenvalue weighted by molar-refractivity contribution is 5.73. The van der Waals surface area contributed by atoms with Crippen LogP contribution in [0.3, 0.4) is 0 Å². The molecule has 0 saturated heterocycles. The van der Waals surface area contributed by atoms with Crippen LogP contribution in [0.1, 0.15) is 77.0 Å². The van der Waals surface area contributed by atoms with E-state index in [-0.39, 0.29) is 18.6 Å². The molecule has 7 nitrogen and oxygen atoms in total. The van der Waals surface area contributed by atoms with Gasteiger partial charge in [-0.15, -0.1) is 0 Å². The van der Waals surface area contributed by atoms with Crippen molar-refractivity contribution in [2.24, 2.45) is 0 Å². The van der Waals surface area contributed by atoms with Crippen LogP contribution in [-0.4, -0.2) is 46.9 Å². The van der Waals surface area contributed by atoms with Crippen LogP contribution in [0.5, 0.6) is 11.5 Å². The first kappa shape index (κ1) is 31.1. The molecule has 7 heteroatoms. The number of rotatable bonds is 10. The fourth-order valence-corrected chi connectivity index (χ4v) is 5.08. The predicted octanol–water partition coefficient (Wildman–Crippen LogP) is 7.50. The summed E-state index contributed by atoms with van der Waals surface area (Å²) in [5.74, 6) is 0.648. The minimum atomic E-state index is -0.818. The molecule has 0 bridgehead atoms. The molecule has 3 aromatic carbocycles. The topological polar surface area (TPSA) is 85.3 Å². The van der Waals surface area contributed by atoms with Gasteiger partial charge in [0.25, 0.3) is 0 Å². The first-order valence-corrected chi connectivity index (χ1v) is 14.9. The van der Waals surface area contributed by atoms with Crippen LogP contribution in [-0.2, 0) is 16.0 Å². The number of esters is 1. The Labute approximate surface area is 249 Å². The molecular formula is C35H43NO6. The minimum absolute atomic E-state index is 0.124. The van der Waals surface area contributed by atoms with E-state index in [4.69, 9.17) is 14.2 Å². The van der Waals surface area contributed by atoms with E-state index in [1.54, 1.807) is 11.0 Å². The fourth-order valence-electron chi connectivity index (χ4n) is 5.08. The molecule has 4 rings (SSSR count). The molecule has 1 aliphatic carbocycles. The Kier molecular flexibility index (Phi) is 10.6. The third-order valence-corrected chi connectivity index (χ3v) is 7.23. The molecule has 1 amide bonds. The number of aliphatic hydroxyl groups is 1. The number of ether oxygens (including phenoxy) is 3. The molecule has 42 heavy (non-hydrogen) atoms. The first-order valence-electron chi connectivity index (χ1n) is 14.9. The summed E-state index contributed by atoms with van der Waals surface area (Å²) in [6, 6.07) is 23.1. The van der Waals surface area contributed by atoms with Crippen LogP contribution in [0.25, 0.3) is 11.1 Å². The molecule has 1 aliphatic rings. The smallest absolute Gasteiger partial charge is 0.410 e. The van der Waals surface area contributed by atoms with Gasteiger partial charge in [0.05, 0.1) is 18.8 Å². The Morgan fingerprint density at radius 1 is 0.905 bits per heavy atom. The number of nitrogens with zero attached hydrogens (tertiary/aromatic N) is 1. The van der Waals surface area contributed by atoms with Crippen molar-refractivity contribution in [1.29, 1.82) is 0 Å². The lowest BCUT2D eigenvalue weighted by Crippen LogP contribution is -2.40. The average Bonchev–Trinajstić information content (AvgIpc) is 2.96. The van der Waals surface area contributed by atoms with Crippen LogP contribution < -0.4 is 9.47 Å². The summed E-state index contributed by atoms with van der Waals surface area (Å²) in [7, 11) is 0. The number of hydrogen-bond donors (Lipinski definition) is 1. The lowest BCUT2D eigenvalue weighted by Gasteiger charge is -2.29. The van der Waals surface area contributed by atoms with Crippen molar-refractivity contribution in [3.63, 3.8) is 0 Å². The molecule has 0 unspecified atom stereocenters. The lowest BCUT2D eigenvalue weighted by molar-refractivity contribution is -0.132. The van der Waals surface area contributed by atoms with Crippen LogP contribution >= 0.6 is 0 Å². The third-order valence-electron chi connectivity index (χ3n) is 7.23. The molecule has 0 radical (unpaired) electrons. The van der Waals surface area contributed by atoms with Crippen molar-refractivity contribution in [2.45, 2.75) is 84.0 Å². The van der Waals surface area contributed by atoms with Gasteiger partial charge in [0.15, 0.2) is 11.5 Å². The maximum absolute atomic E-state index is 13.0. The van der Waals surface area contributed by atoms with E-state index in [2.05, 4.69) is 0 Å². The van der Waals surface area contributed by atoms with Gasteiger partial charge in [0.2, 0.25) is 0 Å². The SMILES string of the molecule is CC(=O)Oc1ccc(-c2ccc(CCN(C[C@@H](O)c3ccccc3)C(=O)OC(C)(C)C)cc2)cc1OC1CCCCC1. The Balaban J connectivity index is 1.46. The molecule has 1 fully saturated rings. The average molecular weight is 574 g/mol. The first-order chi connectivity index (χ1) is 20.1. The normalized spacial score (nSPS) is 14.6. The molecule has 1 saturated carbocycles. The molecule has 0 aliphatic heterocycles. The minimum Gasteiger partial charge on any atom is -0.486 e. The summed E-state index contributed by atoms with van der Waals surface area (Å²) in [4.78, 5) is 26.3. The molecule has 0 aromatic heterocycles. The predicted molar refractivity (Wildman–Crippen MR) is 164 cm³/mol. The summed E-state index contributed by atoms with van der Waals surface area (Å²) in [5.41, 5.74) is 3.13. The molecule has 0 heterocycles. The maximum atomic E-state index is 13.0. The molecular weight excluding hydrogens is 530 g/mol. The summed E-state index contributed by atoms with van der Waals surface area (Å²) in [5, 5.41) is 10.8. The highest BCUT2D eigenvalue weighted by Gasteiger charge is 2.25. The number of carbonyl (C=O) groups excluding carboxylic acids is 2. The van der Waals surface area contributed by atoms with Crippen LogP contribution in [0.4, 0.5) is 4.79 Å². The van der Waals surface area contributed by atoms with Gasteiger partial charge in [-0.1, -0.05) is 67.1 Å². The van der Waals surface area contributed by atoms with E-state index in [1.807, 2.05) is 87.5 Å². The number of aliphatic hydroxyl groups excluding tert-OH is 1. The number of hydrogen-bond acceptors (Lipinski definition) is 6. The molecule has 1 atom stereocenters. The quantitative estimate of drug-likeness (QED) is 0.200. The van der Waals surface area contributed by atoms with Gasteiger partial charge in [0, 0.05) is 13.5 Å². The number of amides is 1. The van der Waals surface area contributed by atoms with E-state index in [1.165, 1.54) is 13.3 Å². The monoisotopic (exact) mass is 573 g/mol. The highest BCUT2D eigenvalue weighted by atomic mass is 16.6. The molecule has 0 spiro atoms. The van der Waals surface area contributed by atoms with Crippen LogP contribution in [0, 0.1) is 0 Å². The second-order valence-electron chi connectivity index (χ2n) is 11.9. The van der Waals surface area contributed by atoms with Gasteiger partial charge in [-0.2, -0.15) is 0 Å². The van der Waals surface area contributed by atoms with Crippen LogP contribution in [0.2, 0.25) is 0 Å². The van der Waals surface area contributed by atoms with Gasteiger partial charge in [-0.25, -0.2) is 4.79 Å². The fraction of sp³-hybridized carbons (Fsp3) is 0.429. The summed E-state index contributed by atoms with van der Waals surface area (Å²) >= 11 is 0. The largest absolute Gasteiger partial charge is 0.486 e. The van der Waals surface area contributed by atoms with Crippen molar-refractivity contribution in [2.75, 3.05) is 13.1 Å². The zero-order valence-corrected chi connectivity index (χ0v) is 25.2. The zero-order chi connectivity index (χ0) is 30.1. The number of carbonyl (C=O) groups is 2. The second kappa shape index (κ2) is 14.4. The Morgan fingerprint density at radius 3 is 2.21 bits per heavy atom. The third kappa shape index (κ3) is 9.35. The van der Waals surface area contributed by atoms with Gasteiger partial charge in [-0.05, 0) is 87.3 Å². The summed E-state index contributed by atoms with van der Waals surface area (Å²) < 4.78 is 17.4. The van der Waals surface area contributed by atoms with Crippen molar-refractivity contribution in [3.05, 3.63) is 83.9 Å². The van der Waals surface area contributed by atoms with E-state index >= 15 is 0 Å². The summed E-state index contributed by atoms with van der Waals surface area (Å²) in [6.45, 7) is 7.42. The maximum Gasteiger partial charge on any atom is 0.410 e. The second-order valence-corrected chi connectivity index (χ2v) is 11.9. The standard InChI is InChI=1S/C35H43NO6/c1-25(37)40-32-20-19-29(23-33(32)41-30-13-9-6-10-14-30)27-17-15-26(16-18-27)21-22-36(34(39)42-35(2,3)4)24-31(38)28-11-7-5-8-12-28/h5,7-8,11-12,15-20,23,30-31,38H,6,9-10,13-14,21-22,24H2,1-4H3/t31-/m1/s1. The van der Waals surface area contributed by atoms with E-state index in [9.17, 15) is 14.7 Å². The van der Waals surface area contributed by atoms with Gasteiger partial charge >= 0.3 is 12.1 Å². The Morgan fingerprint density at radius 2 is 1.57 bits per heavy atom. The zero-order valence-electron chi connectivity index (χ0n) is 25.2. The molecule has 224 valence electrons. The molecule has 1 N–H and O–H groups in total. The molecule has 3 aromatic rings. The van der Waals surface area contributed by atoms with E-state index in [0.717, 1.165) is 47.9 Å². The summed E-state index contributed by atoms with van der Waals surface area (Å²) in [6.07, 6.45) is 4.97. The van der Waals surface area contributed by atoms with Crippen molar-refractivity contribution < 1.29 is 28.9 Å².